The molecule has 1 heterocycles. The lowest BCUT2D eigenvalue weighted by atomic mass is 10.0. The molecule has 0 radical (unpaired) electrons. The zero-order valence-corrected chi connectivity index (χ0v) is 12.8. The van der Waals surface area contributed by atoms with Crippen LogP contribution in [0.2, 0.25) is 0 Å². The first-order chi connectivity index (χ1) is 11.1. The van der Waals surface area contributed by atoms with Gasteiger partial charge in [0, 0.05) is 36.2 Å². The van der Waals surface area contributed by atoms with Crippen molar-refractivity contribution < 1.29 is 14.3 Å². The van der Waals surface area contributed by atoms with E-state index in [0.29, 0.717) is 24.4 Å². The number of fused-ring (bicyclic) bond motifs is 1. The van der Waals surface area contributed by atoms with E-state index in [2.05, 4.69) is 10.6 Å². The number of amides is 2. The third kappa shape index (κ3) is 3.51. The fourth-order valence-electron chi connectivity index (χ4n) is 2.66. The van der Waals surface area contributed by atoms with Crippen LogP contribution >= 0.6 is 0 Å². The summed E-state index contributed by atoms with van der Waals surface area (Å²) in [5.41, 5.74) is 2.25. The summed E-state index contributed by atoms with van der Waals surface area (Å²) in [6.07, 6.45) is 0. The van der Waals surface area contributed by atoms with Crippen molar-refractivity contribution in [1.29, 1.82) is 0 Å². The topological polar surface area (TPSA) is 67.4 Å². The summed E-state index contributed by atoms with van der Waals surface area (Å²) in [5, 5.41) is 5.60. The molecule has 1 unspecified atom stereocenters. The van der Waals surface area contributed by atoms with E-state index in [-0.39, 0.29) is 17.7 Å². The highest BCUT2D eigenvalue weighted by molar-refractivity contribution is 5.96. The molecule has 1 aliphatic heterocycles. The molecular formula is C18H18N2O3. The van der Waals surface area contributed by atoms with Gasteiger partial charge in [-0.05, 0) is 24.3 Å². The Morgan fingerprint density at radius 3 is 2.83 bits per heavy atom. The Labute approximate surface area is 134 Å². The van der Waals surface area contributed by atoms with Gasteiger partial charge < -0.3 is 15.4 Å². The SMILES string of the molecule is CC(=O)Nc1cccc(C(=O)NCC2COc3ccccc32)c1. The summed E-state index contributed by atoms with van der Waals surface area (Å²) in [6.45, 7) is 2.52. The standard InChI is InChI=1S/C18H18N2O3/c1-12(21)20-15-6-4-5-13(9-15)18(22)19-10-14-11-23-17-8-3-2-7-16(14)17/h2-9,14H,10-11H2,1H3,(H,19,22)(H,20,21). The highest BCUT2D eigenvalue weighted by Crippen LogP contribution is 2.32. The smallest absolute Gasteiger partial charge is 0.251 e. The number of ether oxygens (including phenoxy) is 1. The number of para-hydroxylation sites is 1. The van der Waals surface area contributed by atoms with Gasteiger partial charge in [-0.25, -0.2) is 0 Å². The van der Waals surface area contributed by atoms with Crippen LogP contribution in [0.5, 0.6) is 5.75 Å². The van der Waals surface area contributed by atoms with Crippen LogP contribution in [0, 0.1) is 0 Å². The minimum absolute atomic E-state index is 0.161. The average molecular weight is 310 g/mol. The molecule has 118 valence electrons. The van der Waals surface area contributed by atoms with Gasteiger partial charge in [0.15, 0.2) is 0 Å². The number of rotatable bonds is 4. The quantitative estimate of drug-likeness (QED) is 0.912. The molecule has 2 aromatic carbocycles. The van der Waals surface area contributed by atoms with Crippen molar-refractivity contribution in [3.05, 3.63) is 59.7 Å². The maximum absolute atomic E-state index is 12.3. The van der Waals surface area contributed by atoms with Gasteiger partial charge in [-0.3, -0.25) is 9.59 Å². The van der Waals surface area contributed by atoms with E-state index in [0.717, 1.165) is 11.3 Å². The molecule has 0 aliphatic carbocycles. The Morgan fingerprint density at radius 2 is 2.00 bits per heavy atom. The second-order valence-corrected chi connectivity index (χ2v) is 5.52. The average Bonchev–Trinajstić information content (AvgIpc) is 2.95. The van der Waals surface area contributed by atoms with Crippen molar-refractivity contribution in [2.24, 2.45) is 0 Å². The predicted molar refractivity (Wildman–Crippen MR) is 87.8 cm³/mol. The van der Waals surface area contributed by atoms with Crippen LogP contribution in [0.25, 0.3) is 0 Å². The molecule has 1 atom stereocenters. The van der Waals surface area contributed by atoms with Crippen molar-refractivity contribution in [2.75, 3.05) is 18.5 Å². The second-order valence-electron chi connectivity index (χ2n) is 5.52. The van der Waals surface area contributed by atoms with Crippen molar-refractivity contribution in [1.82, 2.24) is 5.32 Å². The first-order valence-electron chi connectivity index (χ1n) is 7.51. The minimum atomic E-state index is -0.165. The van der Waals surface area contributed by atoms with Crippen LogP contribution in [0.1, 0.15) is 28.8 Å². The molecule has 0 aromatic heterocycles. The molecule has 0 saturated heterocycles. The van der Waals surface area contributed by atoms with E-state index in [4.69, 9.17) is 4.74 Å². The van der Waals surface area contributed by atoms with Crippen LogP contribution in [-0.2, 0) is 4.79 Å². The summed E-state index contributed by atoms with van der Waals surface area (Å²) < 4.78 is 5.61. The summed E-state index contributed by atoms with van der Waals surface area (Å²) in [6, 6.07) is 14.8. The van der Waals surface area contributed by atoms with Gasteiger partial charge in [-0.1, -0.05) is 24.3 Å². The lowest BCUT2D eigenvalue weighted by molar-refractivity contribution is -0.114. The first kappa shape index (κ1) is 15.1. The largest absolute Gasteiger partial charge is 0.493 e. The van der Waals surface area contributed by atoms with Gasteiger partial charge in [-0.2, -0.15) is 0 Å². The Balaban J connectivity index is 1.63. The molecule has 0 saturated carbocycles. The van der Waals surface area contributed by atoms with Gasteiger partial charge >= 0.3 is 0 Å². The second kappa shape index (κ2) is 6.52. The fourth-order valence-corrected chi connectivity index (χ4v) is 2.66. The van der Waals surface area contributed by atoms with Gasteiger partial charge in [0.05, 0.1) is 6.61 Å². The zero-order chi connectivity index (χ0) is 16.2. The molecule has 23 heavy (non-hydrogen) atoms. The normalized spacial score (nSPS) is 15.4. The maximum Gasteiger partial charge on any atom is 0.251 e. The molecule has 0 spiro atoms. The molecule has 5 heteroatoms. The molecule has 2 N–H and O–H groups in total. The number of carbonyl (C=O) groups excluding carboxylic acids is 2. The number of benzene rings is 2. The lowest BCUT2D eigenvalue weighted by Gasteiger charge is -2.11. The van der Waals surface area contributed by atoms with Gasteiger partial charge in [-0.15, -0.1) is 0 Å². The summed E-state index contributed by atoms with van der Waals surface area (Å²) in [7, 11) is 0. The van der Waals surface area contributed by atoms with Crippen LogP contribution < -0.4 is 15.4 Å². The predicted octanol–water partition coefficient (Wildman–Crippen LogP) is 2.55. The number of hydrogen-bond donors (Lipinski definition) is 2. The van der Waals surface area contributed by atoms with E-state index in [9.17, 15) is 9.59 Å². The van der Waals surface area contributed by atoms with Gasteiger partial charge in [0.2, 0.25) is 5.91 Å². The van der Waals surface area contributed by atoms with Crippen molar-refractivity contribution in [3.63, 3.8) is 0 Å². The number of anilines is 1. The molecule has 2 aromatic rings. The number of hydrogen-bond acceptors (Lipinski definition) is 3. The summed E-state index contributed by atoms with van der Waals surface area (Å²) in [4.78, 5) is 23.4. The highest BCUT2D eigenvalue weighted by atomic mass is 16.5. The fraction of sp³-hybridized carbons (Fsp3) is 0.222. The van der Waals surface area contributed by atoms with Crippen LogP contribution in [-0.4, -0.2) is 25.0 Å². The van der Waals surface area contributed by atoms with E-state index >= 15 is 0 Å². The Morgan fingerprint density at radius 1 is 1.17 bits per heavy atom. The molecular weight excluding hydrogens is 292 g/mol. The monoisotopic (exact) mass is 310 g/mol. The maximum atomic E-state index is 12.3. The molecule has 2 amide bonds. The molecule has 3 rings (SSSR count). The number of carbonyl (C=O) groups is 2. The van der Waals surface area contributed by atoms with Gasteiger partial charge in [0.25, 0.3) is 5.91 Å². The molecule has 0 fully saturated rings. The van der Waals surface area contributed by atoms with Gasteiger partial charge in [0.1, 0.15) is 5.75 Å². The van der Waals surface area contributed by atoms with Crippen molar-refractivity contribution in [2.45, 2.75) is 12.8 Å². The third-order valence-corrected chi connectivity index (χ3v) is 3.75. The van der Waals surface area contributed by atoms with Crippen LogP contribution in [0.15, 0.2) is 48.5 Å². The Kier molecular flexibility index (Phi) is 4.28. The highest BCUT2D eigenvalue weighted by Gasteiger charge is 2.24. The third-order valence-electron chi connectivity index (χ3n) is 3.75. The van der Waals surface area contributed by atoms with Crippen LogP contribution in [0.4, 0.5) is 5.69 Å². The van der Waals surface area contributed by atoms with E-state index in [1.54, 1.807) is 24.3 Å². The molecule has 5 nitrogen and oxygen atoms in total. The summed E-state index contributed by atoms with van der Waals surface area (Å²) >= 11 is 0. The van der Waals surface area contributed by atoms with Crippen molar-refractivity contribution in [3.8, 4) is 5.75 Å². The van der Waals surface area contributed by atoms with E-state index in [1.807, 2.05) is 24.3 Å². The molecule has 0 bridgehead atoms. The Hall–Kier alpha value is -2.82. The Bertz CT molecular complexity index is 743. The number of nitrogens with one attached hydrogen (secondary N) is 2. The molecule has 1 aliphatic rings. The first-order valence-corrected chi connectivity index (χ1v) is 7.51. The minimum Gasteiger partial charge on any atom is -0.493 e. The van der Waals surface area contributed by atoms with E-state index in [1.165, 1.54) is 6.92 Å². The van der Waals surface area contributed by atoms with Crippen LogP contribution in [0.3, 0.4) is 0 Å². The van der Waals surface area contributed by atoms with E-state index < -0.39 is 0 Å². The lowest BCUT2D eigenvalue weighted by Crippen LogP contribution is -2.29. The summed E-state index contributed by atoms with van der Waals surface area (Å²) in [5.74, 6) is 0.719. The van der Waals surface area contributed by atoms with Crippen molar-refractivity contribution >= 4 is 17.5 Å². The zero-order valence-electron chi connectivity index (χ0n) is 12.8.